The Balaban J connectivity index is 1.66. The first-order chi connectivity index (χ1) is 13.9. The van der Waals surface area contributed by atoms with Gasteiger partial charge in [-0.15, -0.1) is 0 Å². The summed E-state index contributed by atoms with van der Waals surface area (Å²) in [6, 6.07) is 2.09. The van der Waals surface area contributed by atoms with Gasteiger partial charge in [-0.05, 0) is 51.5 Å². The molecule has 1 aromatic rings. The lowest BCUT2D eigenvalue weighted by Gasteiger charge is -2.41. The Kier molecular flexibility index (Phi) is 7.22. The highest BCUT2D eigenvalue weighted by atomic mass is 35.5. The Morgan fingerprint density at radius 3 is 2.52 bits per heavy atom. The van der Waals surface area contributed by atoms with Crippen LogP contribution < -0.4 is 16.0 Å². The molecule has 0 bridgehead atoms. The predicted molar refractivity (Wildman–Crippen MR) is 115 cm³/mol. The van der Waals surface area contributed by atoms with Crippen molar-refractivity contribution in [2.75, 3.05) is 24.5 Å². The molecule has 160 valence electrons. The number of nitrogens with one attached hydrogen (secondary N) is 1. The van der Waals surface area contributed by atoms with Gasteiger partial charge in [-0.1, -0.05) is 24.4 Å². The Morgan fingerprint density at radius 1 is 1.17 bits per heavy atom. The van der Waals surface area contributed by atoms with Crippen LogP contribution in [0.5, 0.6) is 0 Å². The maximum Gasteiger partial charge on any atom is 0.317 e. The quantitative estimate of drug-likeness (QED) is 0.779. The smallest absolute Gasteiger partial charge is 0.317 e. The molecule has 2 fully saturated rings. The Hall–Kier alpha value is -2.02. The van der Waals surface area contributed by atoms with E-state index >= 15 is 0 Å². The molecule has 29 heavy (non-hydrogen) atoms. The van der Waals surface area contributed by atoms with Crippen LogP contribution in [0, 0.1) is 5.92 Å². The van der Waals surface area contributed by atoms with E-state index in [1.165, 1.54) is 19.0 Å². The van der Waals surface area contributed by atoms with Crippen LogP contribution >= 0.6 is 11.6 Å². The number of nitrogens with two attached hydrogens (primary N) is 1. The number of halogens is 1. The predicted octanol–water partition coefficient (Wildman–Crippen LogP) is 3.41. The molecule has 8 heteroatoms. The maximum atomic E-state index is 12.8. The van der Waals surface area contributed by atoms with Crippen molar-refractivity contribution in [3.05, 3.63) is 22.8 Å². The van der Waals surface area contributed by atoms with E-state index in [1.807, 2.05) is 13.8 Å². The van der Waals surface area contributed by atoms with Crippen LogP contribution in [0.2, 0.25) is 5.02 Å². The van der Waals surface area contributed by atoms with Crippen molar-refractivity contribution in [2.24, 2.45) is 11.7 Å². The van der Waals surface area contributed by atoms with Crippen LogP contribution in [0.1, 0.15) is 62.7 Å². The van der Waals surface area contributed by atoms with Crippen LogP contribution in [0.3, 0.4) is 0 Å². The number of anilines is 1. The van der Waals surface area contributed by atoms with Crippen molar-refractivity contribution in [2.45, 2.75) is 64.5 Å². The topological polar surface area (TPSA) is 91.6 Å². The van der Waals surface area contributed by atoms with Gasteiger partial charge in [0.15, 0.2) is 0 Å². The minimum atomic E-state index is -0.530. The molecule has 2 aliphatic rings. The summed E-state index contributed by atoms with van der Waals surface area (Å²) in [6.07, 6.45) is 7.98. The molecular formula is C21H32ClN5O2. The van der Waals surface area contributed by atoms with Crippen LogP contribution in [0.25, 0.3) is 0 Å². The van der Waals surface area contributed by atoms with Gasteiger partial charge in [0.2, 0.25) is 5.91 Å². The van der Waals surface area contributed by atoms with E-state index in [9.17, 15) is 9.59 Å². The second kappa shape index (κ2) is 9.65. The zero-order chi connectivity index (χ0) is 21.0. The van der Waals surface area contributed by atoms with Crippen molar-refractivity contribution >= 4 is 29.4 Å². The van der Waals surface area contributed by atoms with Crippen LogP contribution in [-0.4, -0.2) is 53.5 Å². The highest BCUT2D eigenvalue weighted by molar-refractivity contribution is 6.33. The number of likely N-dealkylation sites (tertiary alicyclic amines) is 1. The molecule has 2 saturated heterocycles. The number of rotatable bonds is 4. The summed E-state index contributed by atoms with van der Waals surface area (Å²) in [4.78, 5) is 32.7. The lowest BCUT2D eigenvalue weighted by atomic mass is 9.86. The van der Waals surface area contributed by atoms with E-state index in [0.29, 0.717) is 28.4 Å². The van der Waals surface area contributed by atoms with Crippen molar-refractivity contribution in [3.8, 4) is 0 Å². The van der Waals surface area contributed by atoms with E-state index < -0.39 is 5.91 Å². The molecule has 3 heterocycles. The fourth-order valence-electron chi connectivity index (χ4n) is 4.50. The monoisotopic (exact) mass is 421 g/mol. The van der Waals surface area contributed by atoms with Crippen molar-refractivity contribution in [1.82, 2.24) is 15.2 Å². The number of aromatic nitrogens is 1. The maximum absolute atomic E-state index is 12.8. The minimum absolute atomic E-state index is 0.0704. The summed E-state index contributed by atoms with van der Waals surface area (Å²) in [5.74, 6) is 0.647. The lowest BCUT2D eigenvalue weighted by molar-refractivity contribution is 0.1000. The van der Waals surface area contributed by atoms with Crippen LogP contribution in [0.4, 0.5) is 10.6 Å². The molecule has 3 N–H and O–H groups in total. The number of urea groups is 1. The molecule has 0 saturated carbocycles. The number of carbonyl (C=O) groups is 2. The summed E-state index contributed by atoms with van der Waals surface area (Å²) < 4.78 is 0. The third-order valence-electron chi connectivity index (χ3n) is 5.96. The number of pyridine rings is 1. The molecule has 1 unspecified atom stereocenters. The first-order valence-corrected chi connectivity index (χ1v) is 11.0. The number of nitrogens with zero attached hydrogens (tertiary/aromatic N) is 3. The molecule has 0 aliphatic carbocycles. The Labute approximate surface area is 178 Å². The number of primary amides is 1. The molecule has 1 atom stereocenters. The third kappa shape index (κ3) is 5.32. The lowest BCUT2D eigenvalue weighted by Crippen LogP contribution is -2.52. The summed E-state index contributed by atoms with van der Waals surface area (Å²) in [6.45, 7) is 6.52. The van der Waals surface area contributed by atoms with E-state index in [0.717, 1.165) is 45.3 Å². The highest BCUT2D eigenvalue weighted by Gasteiger charge is 2.34. The number of hydrogen-bond donors (Lipinski definition) is 2. The normalized spacial score (nSPS) is 21.2. The highest BCUT2D eigenvalue weighted by Crippen LogP contribution is 2.33. The number of carbonyl (C=O) groups excluding carboxylic acids is 2. The molecule has 1 aromatic heterocycles. The fraction of sp³-hybridized carbons (Fsp3) is 0.667. The van der Waals surface area contributed by atoms with E-state index in [1.54, 1.807) is 6.07 Å². The van der Waals surface area contributed by atoms with Gasteiger partial charge in [0.25, 0.3) is 0 Å². The van der Waals surface area contributed by atoms with Gasteiger partial charge in [0.05, 0.1) is 10.6 Å². The SMILES string of the molecule is CC(C)NC(=O)N1CCCCCC1C1CCN(c2ncc(C(N)=O)cc2Cl)CC1. The van der Waals surface area contributed by atoms with Crippen molar-refractivity contribution in [1.29, 1.82) is 0 Å². The summed E-state index contributed by atoms with van der Waals surface area (Å²) >= 11 is 6.35. The second-order valence-corrected chi connectivity index (χ2v) is 8.84. The van der Waals surface area contributed by atoms with E-state index in [-0.39, 0.29) is 12.1 Å². The average molecular weight is 422 g/mol. The summed E-state index contributed by atoms with van der Waals surface area (Å²) in [7, 11) is 0. The number of hydrogen-bond acceptors (Lipinski definition) is 4. The minimum Gasteiger partial charge on any atom is -0.366 e. The molecule has 0 aromatic carbocycles. The zero-order valence-electron chi connectivity index (χ0n) is 17.4. The van der Waals surface area contributed by atoms with Gasteiger partial charge < -0.3 is 20.9 Å². The van der Waals surface area contributed by atoms with Crippen molar-refractivity contribution < 1.29 is 9.59 Å². The summed E-state index contributed by atoms with van der Waals surface area (Å²) in [5.41, 5.74) is 5.62. The van der Waals surface area contributed by atoms with Crippen LogP contribution in [0.15, 0.2) is 12.3 Å². The third-order valence-corrected chi connectivity index (χ3v) is 6.24. The molecule has 7 nitrogen and oxygen atoms in total. The molecule has 0 radical (unpaired) electrons. The summed E-state index contributed by atoms with van der Waals surface area (Å²) in [5, 5.41) is 3.53. The Morgan fingerprint density at radius 2 is 1.90 bits per heavy atom. The van der Waals surface area contributed by atoms with Gasteiger partial charge in [-0.25, -0.2) is 9.78 Å². The van der Waals surface area contributed by atoms with Crippen LogP contribution in [-0.2, 0) is 0 Å². The van der Waals surface area contributed by atoms with E-state index in [4.69, 9.17) is 17.3 Å². The molecular weight excluding hydrogens is 390 g/mol. The first kappa shape index (κ1) is 21.7. The molecule has 0 spiro atoms. The largest absolute Gasteiger partial charge is 0.366 e. The molecule has 3 amide bonds. The zero-order valence-corrected chi connectivity index (χ0v) is 18.1. The average Bonchev–Trinajstić information content (AvgIpc) is 2.93. The Bertz CT molecular complexity index is 734. The second-order valence-electron chi connectivity index (χ2n) is 8.43. The van der Waals surface area contributed by atoms with E-state index in [2.05, 4.69) is 20.1 Å². The van der Waals surface area contributed by atoms with Gasteiger partial charge in [0, 0.05) is 37.9 Å². The first-order valence-electron chi connectivity index (χ1n) is 10.6. The van der Waals surface area contributed by atoms with Gasteiger partial charge in [0.1, 0.15) is 5.82 Å². The number of amides is 3. The van der Waals surface area contributed by atoms with Gasteiger partial charge >= 0.3 is 6.03 Å². The molecule has 2 aliphatic heterocycles. The van der Waals surface area contributed by atoms with Crippen molar-refractivity contribution in [3.63, 3.8) is 0 Å². The number of piperidine rings is 1. The van der Waals surface area contributed by atoms with Gasteiger partial charge in [-0.2, -0.15) is 0 Å². The van der Waals surface area contributed by atoms with Gasteiger partial charge in [-0.3, -0.25) is 4.79 Å². The fourth-order valence-corrected chi connectivity index (χ4v) is 4.79. The molecule has 3 rings (SSSR count). The standard InChI is InChI=1S/C21H32ClN5O2/c1-14(2)25-21(29)27-9-5-3-4-6-18(27)15-7-10-26(11-8-15)20-17(22)12-16(13-24-20)19(23)28/h12-15,18H,3-11H2,1-2H3,(H2,23,28)(H,25,29).